The maximum absolute atomic E-state index is 12.9. The number of esters is 1. The molecule has 3 rings (SSSR count). The molecule has 0 fully saturated rings. The van der Waals surface area contributed by atoms with E-state index >= 15 is 0 Å². The van der Waals surface area contributed by atoms with Crippen molar-refractivity contribution in [2.75, 3.05) is 0 Å². The summed E-state index contributed by atoms with van der Waals surface area (Å²) < 4.78 is 23.6. The van der Waals surface area contributed by atoms with Crippen LogP contribution in [0.4, 0.5) is 4.39 Å². The van der Waals surface area contributed by atoms with Crippen molar-refractivity contribution < 1.29 is 23.5 Å². The van der Waals surface area contributed by atoms with Gasteiger partial charge in [-0.05, 0) is 43.3 Å². The molecule has 2 aromatic heterocycles. The molecule has 146 valence electrons. The molecule has 1 aromatic carbocycles. The SMILES string of the molecule is Cc1ccc(C(=O)CCC(=O)OCc2csc(COc3ccc(F)cc3)n2)s1. The monoisotopic (exact) mass is 419 g/mol. The van der Waals surface area contributed by atoms with E-state index in [-0.39, 0.29) is 37.7 Å². The third kappa shape index (κ3) is 5.97. The number of aromatic nitrogens is 1. The summed E-state index contributed by atoms with van der Waals surface area (Å²) in [4.78, 5) is 29.9. The van der Waals surface area contributed by atoms with Crippen molar-refractivity contribution in [1.82, 2.24) is 4.98 Å². The Balaban J connectivity index is 1.39. The number of carbonyl (C=O) groups is 2. The van der Waals surface area contributed by atoms with Gasteiger partial charge in [0.1, 0.15) is 29.8 Å². The third-order valence-electron chi connectivity index (χ3n) is 3.73. The molecule has 0 bridgehead atoms. The molecular formula is C20H18FNO4S2. The first-order chi connectivity index (χ1) is 13.5. The van der Waals surface area contributed by atoms with Gasteiger partial charge < -0.3 is 9.47 Å². The van der Waals surface area contributed by atoms with E-state index in [9.17, 15) is 14.0 Å². The summed E-state index contributed by atoms with van der Waals surface area (Å²) in [5.74, 6) is -0.254. The first kappa shape index (κ1) is 20.2. The van der Waals surface area contributed by atoms with Crippen LogP contribution >= 0.6 is 22.7 Å². The molecule has 0 unspecified atom stereocenters. The quantitative estimate of drug-likeness (QED) is 0.363. The fraction of sp³-hybridized carbons (Fsp3) is 0.250. The lowest BCUT2D eigenvalue weighted by Gasteiger charge is -2.03. The van der Waals surface area contributed by atoms with Gasteiger partial charge in [-0.1, -0.05) is 0 Å². The molecule has 8 heteroatoms. The van der Waals surface area contributed by atoms with Crippen LogP contribution in [0.1, 0.15) is 38.1 Å². The lowest BCUT2D eigenvalue weighted by Crippen LogP contribution is -2.08. The number of rotatable bonds is 9. The van der Waals surface area contributed by atoms with E-state index in [0.29, 0.717) is 16.3 Å². The maximum atomic E-state index is 12.9. The van der Waals surface area contributed by atoms with Crippen LogP contribution in [-0.4, -0.2) is 16.7 Å². The minimum atomic E-state index is -0.432. The molecule has 0 amide bonds. The zero-order chi connectivity index (χ0) is 19.9. The van der Waals surface area contributed by atoms with Crippen LogP contribution < -0.4 is 4.74 Å². The minimum absolute atomic E-state index is 0.0421. The van der Waals surface area contributed by atoms with Crippen LogP contribution in [0, 0.1) is 12.7 Å². The Morgan fingerprint density at radius 1 is 1.07 bits per heavy atom. The molecule has 28 heavy (non-hydrogen) atoms. The zero-order valence-electron chi connectivity index (χ0n) is 15.1. The smallest absolute Gasteiger partial charge is 0.306 e. The van der Waals surface area contributed by atoms with Crippen molar-refractivity contribution in [1.29, 1.82) is 0 Å². The van der Waals surface area contributed by atoms with Gasteiger partial charge in [0.2, 0.25) is 0 Å². The molecule has 0 aliphatic heterocycles. The van der Waals surface area contributed by atoms with Crippen molar-refractivity contribution >= 4 is 34.4 Å². The number of aryl methyl sites for hydroxylation is 1. The number of halogens is 1. The first-order valence-corrected chi connectivity index (χ1v) is 10.3. The van der Waals surface area contributed by atoms with Gasteiger partial charge in [0, 0.05) is 16.7 Å². The molecular weight excluding hydrogens is 401 g/mol. The fourth-order valence-corrected chi connectivity index (χ4v) is 3.83. The second-order valence-electron chi connectivity index (χ2n) is 5.97. The second kappa shape index (κ2) is 9.57. The van der Waals surface area contributed by atoms with E-state index in [1.807, 2.05) is 13.0 Å². The molecule has 2 heterocycles. The number of thiazole rings is 1. The normalized spacial score (nSPS) is 10.6. The molecule has 0 spiro atoms. The van der Waals surface area contributed by atoms with Crippen LogP contribution in [0.15, 0.2) is 41.8 Å². The number of thiophene rings is 1. The van der Waals surface area contributed by atoms with Gasteiger partial charge >= 0.3 is 5.97 Å². The van der Waals surface area contributed by atoms with Crippen molar-refractivity contribution in [3.8, 4) is 5.75 Å². The number of hydrogen-bond donors (Lipinski definition) is 0. The molecule has 0 radical (unpaired) electrons. The highest BCUT2D eigenvalue weighted by molar-refractivity contribution is 7.14. The third-order valence-corrected chi connectivity index (χ3v) is 5.64. The van der Waals surface area contributed by atoms with E-state index in [1.54, 1.807) is 23.6 Å². The number of ether oxygens (including phenoxy) is 2. The second-order valence-corrected chi connectivity index (χ2v) is 8.20. The van der Waals surface area contributed by atoms with Gasteiger partial charge in [-0.3, -0.25) is 9.59 Å². The number of Topliss-reactive ketones (excluding diaryl/α,β-unsaturated/α-hetero) is 1. The van der Waals surface area contributed by atoms with Crippen LogP contribution in [0.3, 0.4) is 0 Å². The summed E-state index contributed by atoms with van der Waals surface area (Å²) in [6, 6.07) is 9.40. The summed E-state index contributed by atoms with van der Waals surface area (Å²) in [5.41, 5.74) is 0.622. The number of hydrogen-bond acceptors (Lipinski definition) is 7. The molecule has 0 atom stereocenters. The number of carbonyl (C=O) groups excluding carboxylic acids is 2. The molecule has 5 nitrogen and oxygen atoms in total. The summed E-state index contributed by atoms with van der Waals surface area (Å²) in [6.07, 6.45) is 0.174. The molecule has 0 saturated carbocycles. The van der Waals surface area contributed by atoms with Crippen molar-refractivity contribution in [2.24, 2.45) is 0 Å². The Morgan fingerprint density at radius 2 is 1.86 bits per heavy atom. The Morgan fingerprint density at radius 3 is 2.57 bits per heavy atom. The number of benzene rings is 1. The fourth-order valence-electron chi connectivity index (χ4n) is 2.31. The topological polar surface area (TPSA) is 65.5 Å². The van der Waals surface area contributed by atoms with Crippen molar-refractivity contribution in [3.63, 3.8) is 0 Å². The summed E-state index contributed by atoms with van der Waals surface area (Å²) in [6.45, 7) is 2.24. The van der Waals surface area contributed by atoms with Crippen LogP contribution in [-0.2, 0) is 22.7 Å². The largest absolute Gasteiger partial charge is 0.486 e. The predicted molar refractivity (Wildman–Crippen MR) is 105 cm³/mol. The Bertz CT molecular complexity index is 949. The highest BCUT2D eigenvalue weighted by Gasteiger charge is 2.13. The lowest BCUT2D eigenvalue weighted by molar-refractivity contribution is -0.145. The van der Waals surface area contributed by atoms with Gasteiger partial charge in [-0.2, -0.15) is 0 Å². The van der Waals surface area contributed by atoms with E-state index < -0.39 is 5.97 Å². The van der Waals surface area contributed by atoms with E-state index in [4.69, 9.17) is 9.47 Å². The van der Waals surface area contributed by atoms with E-state index in [0.717, 1.165) is 9.88 Å². The Labute approximate surface area is 169 Å². The Hall–Kier alpha value is -2.58. The zero-order valence-corrected chi connectivity index (χ0v) is 16.8. The summed E-state index contributed by atoms with van der Waals surface area (Å²) in [7, 11) is 0. The predicted octanol–water partition coefficient (Wildman–Crippen LogP) is 4.94. The minimum Gasteiger partial charge on any atom is -0.486 e. The van der Waals surface area contributed by atoms with Crippen molar-refractivity contribution in [3.05, 3.63) is 68.1 Å². The highest BCUT2D eigenvalue weighted by Crippen LogP contribution is 2.18. The van der Waals surface area contributed by atoms with Gasteiger partial charge in [0.25, 0.3) is 0 Å². The summed E-state index contributed by atoms with van der Waals surface area (Å²) in [5, 5.41) is 2.51. The van der Waals surface area contributed by atoms with Gasteiger partial charge in [0.05, 0.1) is 17.0 Å². The first-order valence-electron chi connectivity index (χ1n) is 8.56. The number of ketones is 1. The van der Waals surface area contributed by atoms with Crippen molar-refractivity contribution in [2.45, 2.75) is 33.0 Å². The van der Waals surface area contributed by atoms with Crippen LogP contribution in [0.25, 0.3) is 0 Å². The molecule has 0 aliphatic rings. The molecule has 0 saturated heterocycles. The molecule has 3 aromatic rings. The van der Waals surface area contributed by atoms with Gasteiger partial charge in [-0.25, -0.2) is 9.37 Å². The molecule has 0 aliphatic carbocycles. The van der Waals surface area contributed by atoms with Gasteiger partial charge in [0.15, 0.2) is 5.78 Å². The average molecular weight is 419 g/mol. The standard InChI is InChI=1S/C20H18FNO4S2/c1-13-2-8-18(28-13)17(23)7-9-20(24)26-10-15-12-27-19(22-15)11-25-16-5-3-14(21)4-6-16/h2-6,8,12H,7,9-11H2,1H3. The maximum Gasteiger partial charge on any atom is 0.306 e. The highest BCUT2D eigenvalue weighted by atomic mass is 32.1. The lowest BCUT2D eigenvalue weighted by atomic mass is 10.2. The number of nitrogens with zero attached hydrogens (tertiary/aromatic N) is 1. The van der Waals surface area contributed by atoms with Gasteiger partial charge in [-0.15, -0.1) is 22.7 Å². The van der Waals surface area contributed by atoms with Crippen LogP contribution in [0.5, 0.6) is 5.75 Å². The van der Waals surface area contributed by atoms with E-state index in [1.165, 1.54) is 34.8 Å². The van der Waals surface area contributed by atoms with E-state index in [2.05, 4.69) is 4.98 Å². The summed E-state index contributed by atoms with van der Waals surface area (Å²) >= 11 is 2.81. The average Bonchev–Trinajstić information content (AvgIpc) is 3.33. The van der Waals surface area contributed by atoms with Crippen LogP contribution in [0.2, 0.25) is 0 Å². The Kier molecular flexibility index (Phi) is 6.89. The molecule has 0 N–H and O–H groups in total.